The van der Waals surface area contributed by atoms with Crippen molar-refractivity contribution in [3.8, 4) is 0 Å². The zero-order valence-electron chi connectivity index (χ0n) is 15.1. The molecule has 0 spiro atoms. The van der Waals surface area contributed by atoms with E-state index in [0.29, 0.717) is 5.56 Å². The quantitative estimate of drug-likeness (QED) is 0.432. The van der Waals surface area contributed by atoms with Crippen LogP contribution in [0, 0.1) is 0 Å². The second kappa shape index (κ2) is 9.97. The maximum absolute atomic E-state index is 12.2. The Bertz CT molecular complexity index is 668. The SMILES string of the molecule is CCCCCCCCCC/C=C/C1=C(O)c2ccccc2C(=O)C1=O. The van der Waals surface area contributed by atoms with Gasteiger partial charge in [-0.15, -0.1) is 0 Å². The predicted octanol–water partition coefficient (Wildman–Crippen LogP) is 5.81. The van der Waals surface area contributed by atoms with Gasteiger partial charge in [-0.1, -0.05) is 88.3 Å². The molecule has 1 aliphatic carbocycles. The molecule has 0 bridgehead atoms. The van der Waals surface area contributed by atoms with Crippen LogP contribution in [0.3, 0.4) is 0 Å². The van der Waals surface area contributed by atoms with Crippen LogP contribution in [0.15, 0.2) is 42.0 Å². The van der Waals surface area contributed by atoms with Crippen molar-refractivity contribution >= 4 is 17.3 Å². The third-order valence-corrected chi connectivity index (χ3v) is 4.64. The number of fused-ring (bicyclic) bond motifs is 1. The van der Waals surface area contributed by atoms with Gasteiger partial charge in [0.05, 0.1) is 5.57 Å². The number of hydrogen-bond acceptors (Lipinski definition) is 3. The molecule has 0 unspecified atom stereocenters. The highest BCUT2D eigenvalue weighted by atomic mass is 16.3. The van der Waals surface area contributed by atoms with E-state index < -0.39 is 11.6 Å². The number of ketones is 2. The van der Waals surface area contributed by atoms with Gasteiger partial charge < -0.3 is 5.11 Å². The van der Waals surface area contributed by atoms with Crippen molar-refractivity contribution in [2.75, 3.05) is 0 Å². The van der Waals surface area contributed by atoms with Gasteiger partial charge in [-0.3, -0.25) is 9.59 Å². The summed E-state index contributed by atoms with van der Waals surface area (Å²) in [5.41, 5.74) is 0.840. The Morgan fingerprint density at radius 1 is 0.840 bits per heavy atom. The lowest BCUT2D eigenvalue weighted by Gasteiger charge is -2.15. The van der Waals surface area contributed by atoms with Gasteiger partial charge in [0.1, 0.15) is 5.76 Å². The number of carbonyl (C=O) groups is 2. The van der Waals surface area contributed by atoms with Crippen LogP contribution in [0.1, 0.15) is 80.6 Å². The number of rotatable bonds is 10. The van der Waals surface area contributed by atoms with Gasteiger partial charge in [-0.2, -0.15) is 0 Å². The van der Waals surface area contributed by atoms with Crippen LogP contribution >= 0.6 is 0 Å². The molecule has 134 valence electrons. The van der Waals surface area contributed by atoms with E-state index in [9.17, 15) is 14.7 Å². The minimum Gasteiger partial charge on any atom is -0.507 e. The summed E-state index contributed by atoms with van der Waals surface area (Å²) < 4.78 is 0. The van der Waals surface area contributed by atoms with Crippen molar-refractivity contribution in [3.63, 3.8) is 0 Å². The van der Waals surface area contributed by atoms with E-state index in [0.717, 1.165) is 12.8 Å². The second-order valence-corrected chi connectivity index (χ2v) is 6.63. The lowest BCUT2D eigenvalue weighted by molar-refractivity contribution is -0.111. The van der Waals surface area contributed by atoms with Gasteiger partial charge in [0.2, 0.25) is 11.6 Å². The van der Waals surface area contributed by atoms with Crippen molar-refractivity contribution in [1.82, 2.24) is 0 Å². The first-order valence-electron chi connectivity index (χ1n) is 9.45. The minimum absolute atomic E-state index is 0.0904. The van der Waals surface area contributed by atoms with E-state index in [2.05, 4.69) is 6.92 Å². The van der Waals surface area contributed by atoms with Crippen molar-refractivity contribution < 1.29 is 14.7 Å². The van der Waals surface area contributed by atoms with Crippen LogP contribution in [0.25, 0.3) is 5.76 Å². The summed E-state index contributed by atoms with van der Waals surface area (Å²) in [7, 11) is 0. The number of aliphatic hydroxyl groups is 1. The average molecular weight is 340 g/mol. The fourth-order valence-corrected chi connectivity index (χ4v) is 3.14. The molecule has 1 aliphatic rings. The van der Waals surface area contributed by atoms with E-state index in [1.54, 1.807) is 30.3 Å². The van der Waals surface area contributed by atoms with E-state index in [1.807, 2.05) is 6.08 Å². The number of hydrogen-bond donors (Lipinski definition) is 1. The van der Waals surface area contributed by atoms with Crippen LogP contribution in [0.2, 0.25) is 0 Å². The van der Waals surface area contributed by atoms with E-state index in [1.165, 1.54) is 44.9 Å². The molecule has 0 saturated carbocycles. The first kappa shape index (κ1) is 19.2. The van der Waals surface area contributed by atoms with E-state index >= 15 is 0 Å². The van der Waals surface area contributed by atoms with Crippen molar-refractivity contribution in [2.24, 2.45) is 0 Å². The summed E-state index contributed by atoms with van der Waals surface area (Å²) in [5, 5.41) is 10.3. The summed E-state index contributed by atoms with van der Waals surface area (Å²) in [6, 6.07) is 6.69. The van der Waals surface area contributed by atoms with Crippen LogP contribution in [-0.2, 0) is 4.79 Å². The monoisotopic (exact) mass is 340 g/mol. The molecule has 0 amide bonds. The largest absolute Gasteiger partial charge is 0.507 e. The Morgan fingerprint density at radius 2 is 1.44 bits per heavy atom. The molecular formula is C22H28O3. The summed E-state index contributed by atoms with van der Waals surface area (Å²) in [4.78, 5) is 24.3. The smallest absolute Gasteiger partial charge is 0.237 e. The highest BCUT2D eigenvalue weighted by Gasteiger charge is 2.30. The molecule has 0 aliphatic heterocycles. The average Bonchev–Trinajstić information content (AvgIpc) is 2.64. The van der Waals surface area contributed by atoms with E-state index in [4.69, 9.17) is 0 Å². The normalized spacial score (nSPS) is 14.4. The Labute approximate surface area is 150 Å². The molecule has 0 fully saturated rings. The van der Waals surface area contributed by atoms with Gasteiger partial charge >= 0.3 is 0 Å². The molecule has 1 N–H and O–H groups in total. The summed E-state index contributed by atoms with van der Waals surface area (Å²) in [5.74, 6) is -1.25. The maximum Gasteiger partial charge on any atom is 0.237 e. The van der Waals surface area contributed by atoms with Crippen molar-refractivity contribution in [1.29, 1.82) is 0 Å². The molecule has 3 nitrogen and oxygen atoms in total. The second-order valence-electron chi connectivity index (χ2n) is 6.63. The molecule has 0 heterocycles. The summed E-state index contributed by atoms with van der Waals surface area (Å²) in [6.45, 7) is 2.22. The molecule has 0 saturated heterocycles. The number of Topliss-reactive ketones (excluding diaryl/α,β-unsaturated/α-hetero) is 2. The van der Waals surface area contributed by atoms with Gasteiger partial charge in [0.25, 0.3) is 0 Å². The molecule has 0 aromatic heterocycles. The van der Waals surface area contributed by atoms with Crippen molar-refractivity contribution in [3.05, 3.63) is 53.1 Å². The van der Waals surface area contributed by atoms with E-state index in [-0.39, 0.29) is 16.9 Å². The molecule has 1 aromatic rings. The molecule has 25 heavy (non-hydrogen) atoms. The zero-order chi connectivity index (χ0) is 18.1. The predicted molar refractivity (Wildman–Crippen MR) is 102 cm³/mol. The Balaban J connectivity index is 1.82. The fourth-order valence-electron chi connectivity index (χ4n) is 3.14. The van der Waals surface area contributed by atoms with Crippen molar-refractivity contribution in [2.45, 2.75) is 64.7 Å². The molecular weight excluding hydrogens is 312 g/mol. The molecule has 2 rings (SSSR count). The highest BCUT2D eigenvalue weighted by Crippen LogP contribution is 2.28. The molecule has 3 heteroatoms. The topological polar surface area (TPSA) is 54.4 Å². The third-order valence-electron chi connectivity index (χ3n) is 4.64. The maximum atomic E-state index is 12.2. The van der Waals surface area contributed by atoms with Crippen LogP contribution in [0.5, 0.6) is 0 Å². The van der Waals surface area contributed by atoms with Crippen LogP contribution in [0.4, 0.5) is 0 Å². The summed E-state index contributed by atoms with van der Waals surface area (Å²) in [6.07, 6.45) is 14.4. The number of unbranched alkanes of at least 4 members (excludes halogenated alkanes) is 8. The van der Waals surface area contributed by atoms with Gasteiger partial charge in [-0.25, -0.2) is 0 Å². The zero-order valence-corrected chi connectivity index (χ0v) is 15.1. The Morgan fingerprint density at radius 3 is 2.12 bits per heavy atom. The number of aliphatic hydroxyl groups excluding tert-OH is 1. The van der Waals surface area contributed by atoms with Gasteiger partial charge in [0, 0.05) is 11.1 Å². The standard InChI is InChI=1S/C22H28O3/c1-2-3-4-5-6-7-8-9-10-11-16-19-20(23)17-14-12-13-15-18(17)21(24)22(19)25/h11-16,23H,2-10H2,1H3/b16-11+. The summed E-state index contributed by atoms with van der Waals surface area (Å²) >= 11 is 0. The lowest BCUT2D eigenvalue weighted by Crippen LogP contribution is -2.23. The number of carbonyl (C=O) groups excluding carboxylic acids is 2. The van der Waals surface area contributed by atoms with Gasteiger partial charge in [0.15, 0.2) is 0 Å². The number of allylic oxidation sites excluding steroid dienone is 3. The molecule has 1 aromatic carbocycles. The lowest BCUT2D eigenvalue weighted by atomic mass is 9.88. The first-order chi connectivity index (χ1) is 12.2. The number of benzene rings is 1. The van der Waals surface area contributed by atoms with Crippen LogP contribution in [-0.4, -0.2) is 16.7 Å². The Hall–Kier alpha value is -2.16. The van der Waals surface area contributed by atoms with Gasteiger partial charge in [-0.05, 0) is 12.8 Å². The first-order valence-corrected chi connectivity index (χ1v) is 9.45. The third kappa shape index (κ3) is 5.15. The van der Waals surface area contributed by atoms with Crippen LogP contribution < -0.4 is 0 Å². The highest BCUT2D eigenvalue weighted by molar-refractivity contribution is 6.52. The minimum atomic E-state index is -0.622. The molecule has 0 radical (unpaired) electrons. The fraction of sp³-hybridized carbons (Fsp3) is 0.455. The molecule has 0 atom stereocenters. The Kier molecular flexibility index (Phi) is 7.65.